The Hall–Kier alpha value is -2.66. The summed E-state index contributed by atoms with van der Waals surface area (Å²) in [4.78, 5) is 5.11. The van der Waals surface area contributed by atoms with Crippen LogP contribution in [0.5, 0.6) is 0 Å². The molecule has 1 saturated heterocycles. The molecule has 2 heterocycles. The van der Waals surface area contributed by atoms with Gasteiger partial charge in [-0.15, -0.1) is 5.10 Å². The van der Waals surface area contributed by atoms with Gasteiger partial charge in [-0.2, -0.15) is 0 Å². The fourth-order valence-corrected chi connectivity index (χ4v) is 4.15. The Kier molecular flexibility index (Phi) is 6.48. The Balaban J connectivity index is 1.19. The lowest BCUT2D eigenvalue weighted by Gasteiger charge is -2.36. The topological polar surface area (TPSA) is 37.2 Å². The Morgan fingerprint density at radius 3 is 2.33 bits per heavy atom. The lowest BCUT2D eigenvalue weighted by atomic mass is 10.1. The van der Waals surface area contributed by atoms with Gasteiger partial charge in [0.1, 0.15) is 5.69 Å². The predicted octanol–water partition coefficient (Wildman–Crippen LogP) is 4.47. The summed E-state index contributed by atoms with van der Waals surface area (Å²) in [6.07, 6.45) is 4.40. The lowest BCUT2D eigenvalue weighted by Crippen LogP contribution is -2.46. The molecule has 1 fully saturated rings. The molecule has 5 heteroatoms. The van der Waals surface area contributed by atoms with Gasteiger partial charge in [0.2, 0.25) is 0 Å². The molecule has 1 aromatic heterocycles. The van der Waals surface area contributed by atoms with E-state index in [2.05, 4.69) is 89.5 Å². The first-order valence-electron chi connectivity index (χ1n) is 11.1. The van der Waals surface area contributed by atoms with Crippen LogP contribution in [-0.4, -0.2) is 52.6 Å². The van der Waals surface area contributed by atoms with E-state index in [0.717, 1.165) is 44.8 Å². The van der Waals surface area contributed by atoms with Crippen LogP contribution in [0.3, 0.4) is 0 Å². The zero-order valence-electron chi connectivity index (χ0n) is 18.5. The SMILES string of the molecule is Cc1ccc(N2CCN(CCCCn3cc(-c4ccccc4C)nn3)CC2)cc1C. The van der Waals surface area contributed by atoms with E-state index in [1.807, 2.05) is 4.68 Å². The molecule has 0 radical (unpaired) electrons. The van der Waals surface area contributed by atoms with Crippen LogP contribution >= 0.6 is 0 Å². The zero-order chi connectivity index (χ0) is 20.9. The molecule has 0 spiro atoms. The molecule has 5 nitrogen and oxygen atoms in total. The first-order valence-corrected chi connectivity index (χ1v) is 11.1. The van der Waals surface area contributed by atoms with Crippen molar-refractivity contribution in [2.24, 2.45) is 0 Å². The van der Waals surface area contributed by atoms with E-state index in [-0.39, 0.29) is 0 Å². The molecule has 30 heavy (non-hydrogen) atoms. The quantitative estimate of drug-likeness (QED) is 0.546. The monoisotopic (exact) mass is 403 g/mol. The maximum absolute atomic E-state index is 4.36. The van der Waals surface area contributed by atoms with Crippen LogP contribution in [0.4, 0.5) is 5.69 Å². The highest BCUT2D eigenvalue weighted by Gasteiger charge is 2.17. The Morgan fingerprint density at radius 2 is 1.57 bits per heavy atom. The summed E-state index contributed by atoms with van der Waals surface area (Å²) >= 11 is 0. The number of hydrogen-bond acceptors (Lipinski definition) is 4. The maximum Gasteiger partial charge on any atom is 0.113 e. The second-order valence-corrected chi connectivity index (χ2v) is 8.49. The fraction of sp³-hybridized carbons (Fsp3) is 0.440. The molecule has 2 aromatic carbocycles. The number of nitrogens with zero attached hydrogens (tertiary/aromatic N) is 5. The van der Waals surface area contributed by atoms with Crippen LogP contribution in [0.25, 0.3) is 11.3 Å². The Bertz CT molecular complexity index is 969. The van der Waals surface area contributed by atoms with E-state index in [4.69, 9.17) is 0 Å². The second-order valence-electron chi connectivity index (χ2n) is 8.49. The molecule has 158 valence electrons. The van der Waals surface area contributed by atoms with Gasteiger partial charge in [-0.05, 0) is 69.0 Å². The van der Waals surface area contributed by atoms with Crippen molar-refractivity contribution in [1.29, 1.82) is 0 Å². The molecule has 0 unspecified atom stereocenters. The number of piperazine rings is 1. The number of aryl methyl sites for hydroxylation is 4. The van der Waals surface area contributed by atoms with E-state index in [9.17, 15) is 0 Å². The first kappa shape index (κ1) is 20.6. The molecule has 1 aliphatic rings. The van der Waals surface area contributed by atoms with Crippen LogP contribution in [0, 0.1) is 20.8 Å². The van der Waals surface area contributed by atoms with Crippen LogP contribution in [-0.2, 0) is 6.54 Å². The van der Waals surface area contributed by atoms with Crippen molar-refractivity contribution in [3.63, 3.8) is 0 Å². The van der Waals surface area contributed by atoms with Crippen LogP contribution < -0.4 is 4.90 Å². The predicted molar refractivity (Wildman–Crippen MR) is 124 cm³/mol. The summed E-state index contributed by atoms with van der Waals surface area (Å²) in [6, 6.07) is 15.2. The van der Waals surface area contributed by atoms with Crippen LogP contribution in [0.15, 0.2) is 48.7 Å². The highest BCUT2D eigenvalue weighted by molar-refractivity contribution is 5.61. The molecule has 0 aliphatic carbocycles. The number of rotatable bonds is 7. The molecule has 1 aliphatic heterocycles. The molecule has 0 amide bonds. The summed E-state index contributed by atoms with van der Waals surface area (Å²) < 4.78 is 1.99. The highest BCUT2D eigenvalue weighted by atomic mass is 15.4. The van der Waals surface area contributed by atoms with Crippen molar-refractivity contribution in [2.45, 2.75) is 40.2 Å². The standard InChI is InChI=1S/C25H33N5/c1-20-10-11-23(18-22(20)3)29-16-14-28(15-17-29)12-6-7-13-30-19-25(26-27-30)24-9-5-4-8-21(24)2/h4-5,8-11,18-19H,6-7,12-17H2,1-3H3. The van der Waals surface area contributed by atoms with Gasteiger partial charge >= 0.3 is 0 Å². The van der Waals surface area contributed by atoms with Gasteiger partial charge in [-0.1, -0.05) is 35.5 Å². The summed E-state index contributed by atoms with van der Waals surface area (Å²) in [5.74, 6) is 0. The van der Waals surface area contributed by atoms with Gasteiger partial charge in [0.05, 0.1) is 6.20 Å². The minimum absolute atomic E-state index is 0.932. The van der Waals surface area contributed by atoms with Crippen molar-refractivity contribution in [2.75, 3.05) is 37.6 Å². The molecule has 0 saturated carbocycles. The highest BCUT2D eigenvalue weighted by Crippen LogP contribution is 2.21. The number of aromatic nitrogens is 3. The number of hydrogen-bond donors (Lipinski definition) is 0. The van der Waals surface area contributed by atoms with Crippen molar-refractivity contribution < 1.29 is 0 Å². The summed E-state index contributed by atoms with van der Waals surface area (Å²) in [5, 5.41) is 8.68. The van der Waals surface area contributed by atoms with Gasteiger partial charge in [0.15, 0.2) is 0 Å². The normalized spacial score (nSPS) is 15.0. The number of benzene rings is 2. The van der Waals surface area contributed by atoms with E-state index >= 15 is 0 Å². The molecule has 3 aromatic rings. The van der Waals surface area contributed by atoms with Gasteiger partial charge in [0.25, 0.3) is 0 Å². The number of unbranched alkanes of at least 4 members (excludes halogenated alkanes) is 1. The second kappa shape index (κ2) is 9.43. The van der Waals surface area contributed by atoms with Crippen LogP contribution in [0.1, 0.15) is 29.5 Å². The van der Waals surface area contributed by atoms with Gasteiger partial charge in [-0.25, -0.2) is 0 Å². The van der Waals surface area contributed by atoms with E-state index in [1.165, 1.54) is 40.9 Å². The molecule has 0 N–H and O–H groups in total. The smallest absolute Gasteiger partial charge is 0.113 e. The van der Waals surface area contributed by atoms with Gasteiger partial charge < -0.3 is 4.90 Å². The summed E-state index contributed by atoms with van der Waals surface area (Å²) in [6.45, 7) is 13.1. The minimum atomic E-state index is 0.932. The van der Waals surface area contributed by atoms with Crippen molar-refractivity contribution in [1.82, 2.24) is 19.9 Å². The Morgan fingerprint density at radius 1 is 0.800 bits per heavy atom. The van der Waals surface area contributed by atoms with Gasteiger partial charge in [0, 0.05) is 44.0 Å². The van der Waals surface area contributed by atoms with Crippen molar-refractivity contribution >= 4 is 5.69 Å². The van der Waals surface area contributed by atoms with E-state index in [1.54, 1.807) is 0 Å². The largest absolute Gasteiger partial charge is 0.369 e. The Labute approximate surface area is 180 Å². The van der Waals surface area contributed by atoms with Gasteiger partial charge in [-0.3, -0.25) is 9.58 Å². The molecule has 4 rings (SSSR count). The lowest BCUT2D eigenvalue weighted by molar-refractivity contribution is 0.250. The third-order valence-corrected chi connectivity index (χ3v) is 6.30. The van der Waals surface area contributed by atoms with E-state index in [0.29, 0.717) is 0 Å². The summed E-state index contributed by atoms with van der Waals surface area (Å²) in [5.41, 5.74) is 7.50. The summed E-state index contributed by atoms with van der Waals surface area (Å²) in [7, 11) is 0. The molecule has 0 bridgehead atoms. The molecular formula is C25H33N5. The molecule has 0 atom stereocenters. The third-order valence-electron chi connectivity index (χ3n) is 6.30. The average Bonchev–Trinajstić information content (AvgIpc) is 3.23. The van der Waals surface area contributed by atoms with E-state index < -0.39 is 0 Å². The number of anilines is 1. The first-order chi connectivity index (χ1) is 14.6. The fourth-order valence-electron chi connectivity index (χ4n) is 4.15. The maximum atomic E-state index is 4.36. The average molecular weight is 404 g/mol. The van der Waals surface area contributed by atoms with Crippen molar-refractivity contribution in [3.05, 3.63) is 65.4 Å². The van der Waals surface area contributed by atoms with Crippen molar-refractivity contribution in [3.8, 4) is 11.3 Å². The third kappa shape index (κ3) is 4.90. The van der Waals surface area contributed by atoms with Crippen LogP contribution in [0.2, 0.25) is 0 Å². The zero-order valence-corrected chi connectivity index (χ0v) is 18.5. The minimum Gasteiger partial charge on any atom is -0.369 e. The molecular weight excluding hydrogens is 370 g/mol.